The van der Waals surface area contributed by atoms with E-state index in [1.165, 1.54) is 6.20 Å². The summed E-state index contributed by atoms with van der Waals surface area (Å²) < 4.78 is 5.45. The lowest BCUT2D eigenvalue weighted by molar-refractivity contribution is 0.299. The number of ether oxygens (including phenoxy) is 1. The highest BCUT2D eigenvalue weighted by Gasteiger charge is 2.03. The van der Waals surface area contributed by atoms with Gasteiger partial charge in [-0.1, -0.05) is 17.7 Å². The standard InChI is InChI=1S/C10H9ClN2OS/c11-7-4-9(12)10(13-5-7)14-6-8-2-1-3-15-8/h1-5H,6,12H2. The highest BCUT2D eigenvalue weighted by molar-refractivity contribution is 7.09. The van der Waals surface area contributed by atoms with Gasteiger partial charge in [0.25, 0.3) is 0 Å². The molecule has 0 aliphatic heterocycles. The van der Waals surface area contributed by atoms with Gasteiger partial charge in [0, 0.05) is 11.1 Å². The predicted octanol–water partition coefficient (Wildman–Crippen LogP) is 2.96. The van der Waals surface area contributed by atoms with Crippen molar-refractivity contribution >= 4 is 28.6 Å². The molecule has 2 aromatic heterocycles. The fourth-order valence-corrected chi connectivity index (χ4v) is 1.88. The second-order valence-electron chi connectivity index (χ2n) is 2.92. The van der Waals surface area contributed by atoms with Crippen LogP contribution in [0.4, 0.5) is 5.69 Å². The minimum atomic E-state index is 0.424. The molecule has 0 aliphatic rings. The van der Waals surface area contributed by atoms with Gasteiger partial charge in [-0.05, 0) is 17.5 Å². The van der Waals surface area contributed by atoms with E-state index in [0.29, 0.717) is 23.2 Å². The van der Waals surface area contributed by atoms with E-state index in [0.717, 1.165) is 4.88 Å². The molecule has 0 aromatic carbocycles. The van der Waals surface area contributed by atoms with Crippen molar-refractivity contribution in [3.05, 3.63) is 39.7 Å². The van der Waals surface area contributed by atoms with Crippen LogP contribution in [-0.2, 0) is 6.61 Å². The predicted molar refractivity (Wildman–Crippen MR) is 62.3 cm³/mol. The summed E-state index contributed by atoms with van der Waals surface area (Å²) in [6.07, 6.45) is 1.52. The molecule has 78 valence electrons. The zero-order valence-corrected chi connectivity index (χ0v) is 9.39. The highest BCUT2D eigenvalue weighted by Crippen LogP contribution is 2.23. The van der Waals surface area contributed by atoms with Crippen LogP contribution in [0.5, 0.6) is 5.88 Å². The molecule has 3 nitrogen and oxygen atoms in total. The Hall–Kier alpha value is -1.26. The number of anilines is 1. The fraction of sp³-hybridized carbons (Fsp3) is 0.100. The number of nitrogens with zero attached hydrogens (tertiary/aromatic N) is 1. The molecule has 0 saturated heterocycles. The average molecular weight is 241 g/mol. The van der Waals surface area contributed by atoms with Crippen LogP contribution in [0.25, 0.3) is 0 Å². The van der Waals surface area contributed by atoms with Gasteiger partial charge < -0.3 is 10.5 Å². The molecule has 0 saturated carbocycles. The van der Waals surface area contributed by atoms with Gasteiger partial charge in [0.1, 0.15) is 6.61 Å². The lowest BCUT2D eigenvalue weighted by atomic mass is 10.4. The quantitative estimate of drug-likeness (QED) is 0.897. The molecule has 0 spiro atoms. The highest BCUT2D eigenvalue weighted by atomic mass is 35.5. The smallest absolute Gasteiger partial charge is 0.237 e. The Morgan fingerprint density at radius 2 is 2.40 bits per heavy atom. The maximum atomic E-state index is 5.72. The van der Waals surface area contributed by atoms with Crippen LogP contribution in [0.3, 0.4) is 0 Å². The Morgan fingerprint density at radius 3 is 3.07 bits per heavy atom. The SMILES string of the molecule is Nc1cc(Cl)cnc1OCc1cccs1. The second kappa shape index (κ2) is 4.51. The van der Waals surface area contributed by atoms with Crippen molar-refractivity contribution in [2.75, 3.05) is 5.73 Å². The number of hydrogen-bond donors (Lipinski definition) is 1. The average Bonchev–Trinajstić information content (AvgIpc) is 2.69. The Labute approximate surface area is 96.5 Å². The third kappa shape index (κ3) is 2.61. The fourth-order valence-electron chi connectivity index (χ4n) is 1.10. The van der Waals surface area contributed by atoms with E-state index in [2.05, 4.69) is 4.98 Å². The number of nitrogens with two attached hydrogens (primary N) is 1. The first-order valence-electron chi connectivity index (χ1n) is 4.32. The Balaban J connectivity index is 2.05. The van der Waals surface area contributed by atoms with Crippen molar-refractivity contribution in [1.29, 1.82) is 0 Å². The first kappa shape index (κ1) is 10.3. The molecule has 0 aliphatic carbocycles. The molecule has 15 heavy (non-hydrogen) atoms. The van der Waals surface area contributed by atoms with Gasteiger partial charge >= 0.3 is 0 Å². The van der Waals surface area contributed by atoms with Crippen LogP contribution >= 0.6 is 22.9 Å². The Kier molecular flexibility index (Phi) is 3.08. The van der Waals surface area contributed by atoms with Crippen LogP contribution < -0.4 is 10.5 Å². The van der Waals surface area contributed by atoms with Crippen LogP contribution in [0, 0.1) is 0 Å². The van der Waals surface area contributed by atoms with Gasteiger partial charge in [-0.2, -0.15) is 0 Å². The molecule has 0 bridgehead atoms. The van der Waals surface area contributed by atoms with Crippen molar-refractivity contribution in [3.63, 3.8) is 0 Å². The van der Waals surface area contributed by atoms with E-state index in [1.54, 1.807) is 17.4 Å². The van der Waals surface area contributed by atoms with Gasteiger partial charge in [-0.15, -0.1) is 11.3 Å². The van der Waals surface area contributed by atoms with Gasteiger partial charge in [0.2, 0.25) is 5.88 Å². The number of thiophene rings is 1. The first-order chi connectivity index (χ1) is 7.25. The Morgan fingerprint density at radius 1 is 1.53 bits per heavy atom. The minimum Gasteiger partial charge on any atom is -0.470 e. The summed E-state index contributed by atoms with van der Waals surface area (Å²) in [7, 11) is 0. The molecule has 2 N–H and O–H groups in total. The zero-order valence-electron chi connectivity index (χ0n) is 7.81. The number of nitrogen functional groups attached to an aromatic ring is 1. The van der Waals surface area contributed by atoms with Gasteiger partial charge in [0.15, 0.2) is 0 Å². The summed E-state index contributed by atoms with van der Waals surface area (Å²) in [6, 6.07) is 5.59. The molecule has 0 atom stereocenters. The maximum Gasteiger partial charge on any atom is 0.237 e. The molecule has 2 aromatic rings. The maximum absolute atomic E-state index is 5.72. The molecule has 0 radical (unpaired) electrons. The van der Waals surface area contributed by atoms with Crippen LogP contribution in [-0.4, -0.2) is 4.98 Å². The molecule has 0 fully saturated rings. The van der Waals surface area contributed by atoms with Gasteiger partial charge in [-0.25, -0.2) is 4.98 Å². The summed E-state index contributed by atoms with van der Waals surface area (Å²) in [5.41, 5.74) is 6.15. The molecular weight excluding hydrogens is 232 g/mol. The Bertz CT molecular complexity index is 445. The summed E-state index contributed by atoms with van der Waals surface area (Å²) in [4.78, 5) is 5.13. The summed E-state index contributed by atoms with van der Waals surface area (Å²) in [5, 5.41) is 2.51. The van der Waals surface area contributed by atoms with Crippen molar-refractivity contribution in [3.8, 4) is 5.88 Å². The van der Waals surface area contributed by atoms with Gasteiger partial charge in [-0.3, -0.25) is 0 Å². The minimum absolute atomic E-state index is 0.424. The normalized spacial score (nSPS) is 10.2. The molecule has 5 heteroatoms. The molecular formula is C10H9ClN2OS. The summed E-state index contributed by atoms with van der Waals surface area (Å²) in [6.45, 7) is 0.483. The number of pyridine rings is 1. The van der Waals surface area contributed by atoms with E-state index >= 15 is 0 Å². The number of hydrogen-bond acceptors (Lipinski definition) is 4. The second-order valence-corrected chi connectivity index (χ2v) is 4.38. The van der Waals surface area contributed by atoms with E-state index in [9.17, 15) is 0 Å². The number of rotatable bonds is 3. The van der Waals surface area contributed by atoms with Crippen molar-refractivity contribution in [2.45, 2.75) is 6.61 Å². The lowest BCUT2D eigenvalue weighted by Gasteiger charge is -2.06. The van der Waals surface area contributed by atoms with Crippen LogP contribution in [0.15, 0.2) is 29.8 Å². The molecule has 2 heterocycles. The van der Waals surface area contributed by atoms with Crippen molar-refractivity contribution in [2.24, 2.45) is 0 Å². The molecule has 2 rings (SSSR count). The van der Waals surface area contributed by atoms with E-state index in [-0.39, 0.29) is 0 Å². The van der Waals surface area contributed by atoms with Crippen molar-refractivity contribution < 1.29 is 4.74 Å². The van der Waals surface area contributed by atoms with Gasteiger partial charge in [0.05, 0.1) is 10.7 Å². The topological polar surface area (TPSA) is 48.1 Å². The van der Waals surface area contributed by atoms with Crippen molar-refractivity contribution in [1.82, 2.24) is 4.98 Å². The van der Waals surface area contributed by atoms with E-state index in [4.69, 9.17) is 22.1 Å². The zero-order chi connectivity index (χ0) is 10.7. The number of halogens is 1. The third-order valence-corrected chi connectivity index (χ3v) is 2.83. The first-order valence-corrected chi connectivity index (χ1v) is 5.57. The van der Waals surface area contributed by atoms with Crippen LogP contribution in [0.1, 0.15) is 4.88 Å². The largest absolute Gasteiger partial charge is 0.470 e. The van der Waals surface area contributed by atoms with Crippen LogP contribution in [0.2, 0.25) is 5.02 Å². The third-order valence-electron chi connectivity index (χ3n) is 1.78. The lowest BCUT2D eigenvalue weighted by Crippen LogP contribution is -1.99. The molecule has 0 unspecified atom stereocenters. The monoisotopic (exact) mass is 240 g/mol. The van der Waals surface area contributed by atoms with E-state index < -0.39 is 0 Å². The number of aromatic nitrogens is 1. The summed E-state index contributed by atoms with van der Waals surface area (Å²) in [5.74, 6) is 0.424. The molecule has 0 amide bonds. The summed E-state index contributed by atoms with van der Waals surface area (Å²) >= 11 is 7.35. The van der Waals surface area contributed by atoms with E-state index in [1.807, 2.05) is 17.5 Å².